The molecule has 1 aliphatic heterocycles. The molecule has 7 rings (SSSR count). The predicted molar refractivity (Wildman–Crippen MR) is 166 cm³/mol. The van der Waals surface area contributed by atoms with Crippen LogP contribution in [-0.4, -0.2) is 47.3 Å². The third-order valence-electron chi connectivity index (χ3n) is 9.46. The number of sulfone groups is 1. The van der Waals surface area contributed by atoms with Gasteiger partial charge < -0.3 is 24.5 Å². The van der Waals surface area contributed by atoms with Gasteiger partial charge in [-0.05, 0) is 56.0 Å². The molecule has 3 aromatic carbocycles. The van der Waals surface area contributed by atoms with Gasteiger partial charge in [0.2, 0.25) is 5.82 Å². The molecular weight excluding hydrogens is 635 g/mol. The van der Waals surface area contributed by atoms with Crippen LogP contribution in [0, 0.1) is 23.4 Å². The first kappa shape index (κ1) is 30.9. The van der Waals surface area contributed by atoms with E-state index in [2.05, 4.69) is 9.97 Å². The highest BCUT2D eigenvalue weighted by Crippen LogP contribution is 2.50. The summed E-state index contributed by atoms with van der Waals surface area (Å²) in [5.41, 5.74) is 1.26. The fourth-order valence-electron chi connectivity index (χ4n) is 7.07. The number of carboxylic acid groups (broad SMARTS) is 1. The number of benzene rings is 3. The maximum Gasteiger partial charge on any atom is 0.307 e. The lowest BCUT2D eigenvalue weighted by atomic mass is 9.73. The normalized spacial score (nSPS) is 21.0. The number of aromatic nitrogens is 3. The minimum absolute atomic E-state index is 0.0434. The van der Waals surface area contributed by atoms with Gasteiger partial charge >= 0.3 is 5.97 Å². The van der Waals surface area contributed by atoms with Gasteiger partial charge in [-0.15, -0.1) is 0 Å². The van der Waals surface area contributed by atoms with E-state index in [4.69, 9.17) is 14.5 Å². The van der Waals surface area contributed by atoms with Crippen molar-refractivity contribution in [3.05, 3.63) is 89.1 Å². The number of carbonyl (C=O) groups is 1. The minimum atomic E-state index is -4.10. The van der Waals surface area contributed by atoms with E-state index < -0.39 is 55.2 Å². The molecule has 244 valence electrons. The van der Waals surface area contributed by atoms with Crippen LogP contribution in [0.5, 0.6) is 17.2 Å². The number of aromatic amines is 2. The second kappa shape index (κ2) is 11.2. The fourth-order valence-corrected chi connectivity index (χ4v) is 8.11. The number of nitrogens with one attached hydrogen (secondary N) is 2. The number of hydrogen-bond acceptors (Lipinski definition) is 6. The number of para-hydroxylation sites is 1. The highest BCUT2D eigenvalue weighted by atomic mass is 32.2. The Morgan fingerprint density at radius 2 is 1.91 bits per heavy atom. The largest absolute Gasteiger partial charge is 0.493 e. The van der Waals surface area contributed by atoms with Crippen LogP contribution in [0.2, 0.25) is 0 Å². The first-order valence-corrected chi connectivity index (χ1v) is 17.0. The zero-order chi connectivity index (χ0) is 33.2. The minimum Gasteiger partial charge on any atom is -0.493 e. The second-order valence-electron chi connectivity index (χ2n) is 12.3. The number of rotatable bonds is 7. The first-order chi connectivity index (χ1) is 22.4. The molecule has 2 aromatic heterocycles. The van der Waals surface area contributed by atoms with Crippen molar-refractivity contribution in [2.24, 2.45) is 5.92 Å². The highest BCUT2D eigenvalue weighted by Gasteiger charge is 2.42. The number of halogens is 3. The zero-order valence-corrected chi connectivity index (χ0v) is 26.2. The molecule has 2 aliphatic rings. The van der Waals surface area contributed by atoms with Gasteiger partial charge in [0.05, 0.1) is 29.3 Å². The number of imidazole rings is 1. The average molecular weight is 666 g/mol. The lowest BCUT2D eigenvalue weighted by Gasteiger charge is -2.36. The van der Waals surface area contributed by atoms with Crippen LogP contribution in [0.4, 0.5) is 13.2 Å². The summed E-state index contributed by atoms with van der Waals surface area (Å²) in [7, 11) is -4.10. The Morgan fingerprint density at radius 3 is 2.68 bits per heavy atom. The number of hydrogen-bond donors (Lipinski definition) is 3. The molecule has 5 aromatic rings. The van der Waals surface area contributed by atoms with Crippen LogP contribution in [0.3, 0.4) is 0 Å². The van der Waals surface area contributed by atoms with Crippen molar-refractivity contribution in [2.75, 3.05) is 12.9 Å². The molecule has 3 atom stereocenters. The van der Waals surface area contributed by atoms with Crippen molar-refractivity contribution in [3.8, 4) is 28.6 Å². The maximum absolute atomic E-state index is 15.3. The molecule has 0 bridgehead atoms. The van der Waals surface area contributed by atoms with Crippen LogP contribution >= 0.6 is 0 Å². The van der Waals surface area contributed by atoms with Crippen LogP contribution in [-0.2, 0) is 20.0 Å². The van der Waals surface area contributed by atoms with Crippen molar-refractivity contribution in [1.29, 1.82) is 0 Å². The molecular formula is C34H30F3N3O6S. The van der Waals surface area contributed by atoms with E-state index in [-0.39, 0.29) is 34.0 Å². The molecule has 0 amide bonds. The molecule has 3 N–H and O–H groups in total. The molecule has 0 spiro atoms. The number of H-pyrrole nitrogens is 2. The van der Waals surface area contributed by atoms with Crippen molar-refractivity contribution in [1.82, 2.24) is 15.0 Å². The standard InChI is InChI=1S/C34H30F3N3O6S/c1-34(12-14-45-29-19(6-4-8-23(29)34)18-5-3-7-20(18)33(41)42)25-16-39-32(40-25)22-15-17(9-10-24(22)35)46-30-27(37)26(36)28-21(11-13-38-28)31(30)47(2,43)44/h4,6,8-11,13,15-16,18,20,38H,3,5,7,12,14H2,1-2H3,(H,39,40)(H,41,42)/t18-,20?,34?/m1/s1. The number of carboxylic acids is 1. The Kier molecular flexibility index (Phi) is 7.34. The van der Waals surface area contributed by atoms with E-state index in [1.165, 1.54) is 24.4 Å². The van der Waals surface area contributed by atoms with E-state index in [1.807, 2.05) is 25.1 Å². The fraction of sp³-hybridized carbons (Fsp3) is 0.294. The molecule has 3 heterocycles. The summed E-state index contributed by atoms with van der Waals surface area (Å²) >= 11 is 0. The third-order valence-corrected chi connectivity index (χ3v) is 10.6. The molecule has 47 heavy (non-hydrogen) atoms. The van der Waals surface area contributed by atoms with Gasteiger partial charge in [0.1, 0.15) is 28.0 Å². The van der Waals surface area contributed by atoms with Gasteiger partial charge in [-0.3, -0.25) is 4.79 Å². The number of nitrogens with zero attached hydrogens (tertiary/aromatic N) is 1. The molecule has 1 aliphatic carbocycles. The Bertz CT molecular complexity index is 2180. The van der Waals surface area contributed by atoms with E-state index in [0.29, 0.717) is 30.9 Å². The van der Waals surface area contributed by atoms with Crippen molar-refractivity contribution in [3.63, 3.8) is 0 Å². The molecule has 1 saturated carbocycles. The van der Waals surface area contributed by atoms with Crippen LogP contribution in [0.1, 0.15) is 55.3 Å². The smallest absolute Gasteiger partial charge is 0.307 e. The lowest BCUT2D eigenvalue weighted by Crippen LogP contribution is -2.32. The second-order valence-corrected chi connectivity index (χ2v) is 14.3. The van der Waals surface area contributed by atoms with Crippen LogP contribution in [0.15, 0.2) is 59.8 Å². The van der Waals surface area contributed by atoms with Gasteiger partial charge in [0, 0.05) is 40.9 Å². The Hall–Kier alpha value is -4.78. The molecule has 0 saturated heterocycles. The molecule has 9 nitrogen and oxygen atoms in total. The monoisotopic (exact) mass is 665 g/mol. The topological polar surface area (TPSA) is 134 Å². The van der Waals surface area contributed by atoms with Gasteiger partial charge in [0.15, 0.2) is 21.4 Å². The van der Waals surface area contributed by atoms with E-state index in [9.17, 15) is 22.7 Å². The summed E-state index contributed by atoms with van der Waals surface area (Å²) in [6, 6.07) is 10.5. The number of ether oxygens (including phenoxy) is 2. The third kappa shape index (κ3) is 5.03. The maximum atomic E-state index is 15.3. The quantitative estimate of drug-likeness (QED) is 0.156. The van der Waals surface area contributed by atoms with Crippen molar-refractivity contribution in [2.45, 2.75) is 48.8 Å². The van der Waals surface area contributed by atoms with E-state index in [1.54, 1.807) is 6.20 Å². The number of fused-ring (bicyclic) bond motifs is 2. The van der Waals surface area contributed by atoms with Crippen LogP contribution < -0.4 is 9.47 Å². The summed E-state index contributed by atoms with van der Waals surface area (Å²) in [6.45, 7) is 2.36. The zero-order valence-electron chi connectivity index (χ0n) is 25.4. The Labute approximate surface area is 267 Å². The van der Waals surface area contributed by atoms with Crippen molar-refractivity contribution >= 4 is 26.7 Å². The predicted octanol–water partition coefficient (Wildman–Crippen LogP) is 7.23. The number of aliphatic carboxylic acids is 1. The highest BCUT2D eigenvalue weighted by molar-refractivity contribution is 7.91. The van der Waals surface area contributed by atoms with Gasteiger partial charge in [-0.1, -0.05) is 24.6 Å². The summed E-state index contributed by atoms with van der Waals surface area (Å²) in [4.78, 5) is 21.7. The van der Waals surface area contributed by atoms with E-state index in [0.717, 1.165) is 36.3 Å². The SMILES string of the molecule is CC1(c2c[nH]c(-c3cc(Oc4c(F)c(F)c5[nH]ccc5c4S(C)(=O)=O)ccc3F)n2)CCOc2c([C@H]3CCCC3C(=O)O)cccc21. The first-order valence-electron chi connectivity index (χ1n) is 15.1. The summed E-state index contributed by atoms with van der Waals surface area (Å²) < 4.78 is 82.5. The van der Waals surface area contributed by atoms with Gasteiger partial charge in [-0.25, -0.2) is 22.2 Å². The molecule has 0 radical (unpaired) electrons. The van der Waals surface area contributed by atoms with Crippen molar-refractivity contribution < 1.29 is 41.0 Å². The Balaban J connectivity index is 1.26. The molecule has 2 unspecified atom stereocenters. The van der Waals surface area contributed by atoms with Gasteiger partial charge in [-0.2, -0.15) is 4.39 Å². The van der Waals surface area contributed by atoms with E-state index >= 15 is 8.78 Å². The van der Waals surface area contributed by atoms with Crippen LogP contribution in [0.25, 0.3) is 22.3 Å². The Morgan fingerprint density at radius 1 is 1.11 bits per heavy atom. The lowest BCUT2D eigenvalue weighted by molar-refractivity contribution is -0.142. The molecule has 13 heteroatoms. The van der Waals surface area contributed by atoms with Gasteiger partial charge in [0.25, 0.3) is 0 Å². The summed E-state index contributed by atoms with van der Waals surface area (Å²) in [5.74, 6) is -5.19. The summed E-state index contributed by atoms with van der Waals surface area (Å²) in [5, 5.41) is 9.73. The summed E-state index contributed by atoms with van der Waals surface area (Å²) in [6.07, 6.45) is 6.53. The average Bonchev–Trinajstić information content (AvgIpc) is 3.81. The molecule has 1 fully saturated rings.